The summed E-state index contributed by atoms with van der Waals surface area (Å²) >= 11 is 0. The van der Waals surface area contributed by atoms with Gasteiger partial charge in [0.2, 0.25) is 10.0 Å². The average Bonchev–Trinajstić information content (AvgIpc) is 3.12. The molecule has 0 amide bonds. The Kier molecular flexibility index (Phi) is 4.34. The highest BCUT2D eigenvalue weighted by molar-refractivity contribution is 7.89. The molecule has 0 bridgehead atoms. The number of nitrogens with two attached hydrogens (primary N) is 1. The molecule has 1 aliphatic carbocycles. The average molecular weight is 300 g/mol. The van der Waals surface area contributed by atoms with Gasteiger partial charge >= 0.3 is 0 Å². The Balaban J connectivity index is 2.30. The molecular weight excluding hydrogens is 279 g/mol. The molecule has 0 aliphatic heterocycles. The van der Waals surface area contributed by atoms with E-state index in [1.165, 1.54) is 10.4 Å². The molecule has 1 aliphatic rings. The third kappa shape index (κ3) is 3.30. The molecule has 0 heterocycles. The molecule has 112 valence electrons. The Bertz CT molecular complexity index is 583. The summed E-state index contributed by atoms with van der Waals surface area (Å²) in [5.74, 6) is -0.0985. The number of anilines is 1. The number of hydrogen-bond donors (Lipinski definition) is 1. The zero-order chi connectivity index (χ0) is 14.9. The van der Waals surface area contributed by atoms with Crippen LogP contribution in [0.25, 0.3) is 0 Å². The maximum absolute atomic E-state index is 13.1. The van der Waals surface area contributed by atoms with Crippen LogP contribution in [0, 0.1) is 11.7 Å². The molecule has 0 aromatic heterocycles. The van der Waals surface area contributed by atoms with Gasteiger partial charge in [0.15, 0.2) is 0 Å². The molecule has 6 heteroatoms. The van der Waals surface area contributed by atoms with E-state index in [9.17, 15) is 12.8 Å². The molecule has 0 spiro atoms. The summed E-state index contributed by atoms with van der Waals surface area (Å²) < 4.78 is 40.0. The largest absolute Gasteiger partial charge is 0.398 e. The van der Waals surface area contributed by atoms with Gasteiger partial charge in [0.05, 0.1) is 5.69 Å². The van der Waals surface area contributed by atoms with Crippen LogP contribution >= 0.6 is 0 Å². The summed E-state index contributed by atoms with van der Waals surface area (Å²) in [6.45, 7) is 4.61. The van der Waals surface area contributed by atoms with Crippen LogP contribution in [-0.4, -0.2) is 25.3 Å². The van der Waals surface area contributed by atoms with Crippen molar-refractivity contribution in [2.24, 2.45) is 5.92 Å². The van der Waals surface area contributed by atoms with Crippen molar-refractivity contribution < 1.29 is 12.8 Å². The van der Waals surface area contributed by atoms with Gasteiger partial charge in [0.1, 0.15) is 10.7 Å². The second-order valence-electron chi connectivity index (χ2n) is 5.71. The minimum Gasteiger partial charge on any atom is -0.398 e. The summed E-state index contributed by atoms with van der Waals surface area (Å²) in [7, 11) is -3.64. The fourth-order valence-electron chi connectivity index (χ4n) is 2.13. The second-order valence-corrected chi connectivity index (χ2v) is 7.57. The molecule has 1 aromatic rings. The van der Waals surface area contributed by atoms with Crippen molar-refractivity contribution in [3.63, 3.8) is 0 Å². The SMILES string of the molecule is CC(C)CCN(C1CC1)S(=O)(=O)c1ccc(F)cc1N. The fourth-order valence-corrected chi connectivity index (χ4v) is 3.93. The number of sulfonamides is 1. The second kappa shape index (κ2) is 5.69. The maximum Gasteiger partial charge on any atom is 0.245 e. The number of rotatable bonds is 6. The van der Waals surface area contributed by atoms with Gasteiger partial charge < -0.3 is 5.73 Å². The highest BCUT2D eigenvalue weighted by Crippen LogP contribution is 2.34. The molecule has 0 saturated heterocycles. The number of benzene rings is 1. The molecule has 0 radical (unpaired) electrons. The Morgan fingerprint density at radius 1 is 1.40 bits per heavy atom. The van der Waals surface area contributed by atoms with Crippen LogP contribution in [-0.2, 0) is 10.0 Å². The first-order valence-corrected chi connectivity index (χ1v) is 8.33. The van der Waals surface area contributed by atoms with E-state index in [1.807, 2.05) is 0 Å². The van der Waals surface area contributed by atoms with E-state index >= 15 is 0 Å². The first-order chi connectivity index (χ1) is 9.32. The Morgan fingerprint density at radius 2 is 2.05 bits per heavy atom. The standard InChI is InChI=1S/C14H21FN2O2S/c1-10(2)7-8-17(12-4-5-12)20(18,19)14-6-3-11(15)9-13(14)16/h3,6,9-10,12H,4-5,7-8,16H2,1-2H3. The molecule has 1 fully saturated rings. The van der Waals surface area contributed by atoms with E-state index in [2.05, 4.69) is 13.8 Å². The highest BCUT2D eigenvalue weighted by Gasteiger charge is 2.38. The summed E-state index contributed by atoms with van der Waals surface area (Å²) in [5.41, 5.74) is 5.65. The van der Waals surface area contributed by atoms with Crippen molar-refractivity contribution in [2.75, 3.05) is 12.3 Å². The minimum absolute atomic E-state index is 0.00885. The Morgan fingerprint density at radius 3 is 2.55 bits per heavy atom. The van der Waals surface area contributed by atoms with E-state index in [0.29, 0.717) is 12.5 Å². The third-order valence-corrected chi connectivity index (χ3v) is 5.47. The molecule has 4 nitrogen and oxygen atoms in total. The minimum atomic E-state index is -3.64. The van der Waals surface area contributed by atoms with E-state index in [4.69, 9.17) is 5.73 Å². The van der Waals surface area contributed by atoms with Gasteiger partial charge in [-0.15, -0.1) is 0 Å². The number of hydrogen-bond acceptors (Lipinski definition) is 3. The van der Waals surface area contributed by atoms with Crippen LogP contribution in [0.3, 0.4) is 0 Å². The molecule has 2 rings (SSSR count). The van der Waals surface area contributed by atoms with Crippen LogP contribution in [0.5, 0.6) is 0 Å². The van der Waals surface area contributed by atoms with Gasteiger partial charge in [-0.3, -0.25) is 0 Å². The lowest BCUT2D eigenvalue weighted by molar-refractivity contribution is 0.373. The van der Waals surface area contributed by atoms with Gasteiger partial charge in [-0.2, -0.15) is 4.31 Å². The predicted molar refractivity (Wildman–Crippen MR) is 77.2 cm³/mol. The topological polar surface area (TPSA) is 63.4 Å². The van der Waals surface area contributed by atoms with E-state index in [0.717, 1.165) is 31.4 Å². The molecule has 0 unspecified atom stereocenters. The van der Waals surface area contributed by atoms with Gasteiger partial charge in [-0.1, -0.05) is 13.8 Å². The van der Waals surface area contributed by atoms with Crippen LogP contribution in [0.15, 0.2) is 23.1 Å². The fraction of sp³-hybridized carbons (Fsp3) is 0.571. The smallest absolute Gasteiger partial charge is 0.245 e. The Hall–Kier alpha value is -1.14. The summed E-state index contributed by atoms with van der Waals surface area (Å²) in [6.07, 6.45) is 2.58. The zero-order valence-corrected chi connectivity index (χ0v) is 12.7. The first-order valence-electron chi connectivity index (χ1n) is 6.89. The normalized spacial score (nSPS) is 16.1. The zero-order valence-electron chi connectivity index (χ0n) is 11.8. The van der Waals surface area contributed by atoms with E-state index < -0.39 is 15.8 Å². The lowest BCUT2D eigenvalue weighted by atomic mass is 10.1. The molecule has 1 aromatic carbocycles. The Labute approximate surface area is 119 Å². The molecular formula is C14H21FN2O2S. The third-order valence-electron chi connectivity index (χ3n) is 3.44. The summed E-state index contributed by atoms with van der Waals surface area (Å²) in [4.78, 5) is 0.00885. The predicted octanol–water partition coefficient (Wildman–Crippen LogP) is 2.61. The van der Waals surface area contributed by atoms with Crippen molar-refractivity contribution in [1.29, 1.82) is 0 Å². The quantitative estimate of drug-likeness (QED) is 0.821. The van der Waals surface area contributed by atoms with Crippen molar-refractivity contribution >= 4 is 15.7 Å². The van der Waals surface area contributed by atoms with Gasteiger partial charge in [-0.25, -0.2) is 12.8 Å². The van der Waals surface area contributed by atoms with Crippen molar-refractivity contribution in [1.82, 2.24) is 4.31 Å². The molecule has 20 heavy (non-hydrogen) atoms. The summed E-state index contributed by atoms with van der Waals surface area (Å²) in [6, 6.07) is 3.52. The van der Waals surface area contributed by atoms with Gasteiger partial charge in [0.25, 0.3) is 0 Å². The van der Waals surface area contributed by atoms with Crippen LogP contribution < -0.4 is 5.73 Å². The lowest BCUT2D eigenvalue weighted by Gasteiger charge is -2.23. The maximum atomic E-state index is 13.1. The van der Waals surface area contributed by atoms with Crippen molar-refractivity contribution in [3.05, 3.63) is 24.0 Å². The van der Waals surface area contributed by atoms with E-state index in [1.54, 1.807) is 0 Å². The molecule has 1 saturated carbocycles. The van der Waals surface area contributed by atoms with Crippen molar-refractivity contribution in [2.45, 2.75) is 44.0 Å². The summed E-state index contributed by atoms with van der Waals surface area (Å²) in [5, 5.41) is 0. The van der Waals surface area contributed by atoms with E-state index in [-0.39, 0.29) is 16.6 Å². The van der Waals surface area contributed by atoms with Crippen LogP contribution in [0.4, 0.5) is 10.1 Å². The van der Waals surface area contributed by atoms with Crippen LogP contribution in [0.1, 0.15) is 33.1 Å². The number of nitrogens with zero attached hydrogens (tertiary/aromatic N) is 1. The number of nitrogen functional groups attached to an aromatic ring is 1. The van der Waals surface area contributed by atoms with Crippen molar-refractivity contribution in [3.8, 4) is 0 Å². The van der Waals surface area contributed by atoms with Gasteiger partial charge in [-0.05, 0) is 43.4 Å². The monoisotopic (exact) mass is 300 g/mol. The highest BCUT2D eigenvalue weighted by atomic mass is 32.2. The first kappa shape index (κ1) is 15.3. The van der Waals surface area contributed by atoms with Crippen LogP contribution in [0.2, 0.25) is 0 Å². The van der Waals surface area contributed by atoms with Gasteiger partial charge in [0, 0.05) is 12.6 Å². The molecule has 0 atom stereocenters. The number of halogens is 1. The lowest BCUT2D eigenvalue weighted by Crippen LogP contribution is -2.35. The molecule has 2 N–H and O–H groups in total.